The van der Waals surface area contributed by atoms with E-state index in [-0.39, 0.29) is 0 Å². The molecular weight excluding hydrogens is 715 g/mol. The van der Waals surface area contributed by atoms with Gasteiger partial charge in [0, 0.05) is 49.1 Å². The summed E-state index contributed by atoms with van der Waals surface area (Å²) in [5.41, 5.74) is 12.9. The summed E-state index contributed by atoms with van der Waals surface area (Å²) in [6, 6.07) is 81.7. The van der Waals surface area contributed by atoms with E-state index < -0.39 is 0 Å². The molecule has 3 heteroatoms. The second kappa shape index (κ2) is 13.4. The van der Waals surface area contributed by atoms with Gasteiger partial charge in [-0.3, -0.25) is 0 Å². The number of aromatic nitrogens is 2. The van der Waals surface area contributed by atoms with Crippen molar-refractivity contribution in [3.63, 3.8) is 0 Å². The van der Waals surface area contributed by atoms with Gasteiger partial charge < -0.3 is 14.0 Å². The highest BCUT2D eigenvalue weighted by Crippen LogP contribution is 2.45. The average molecular weight is 752 g/mol. The van der Waals surface area contributed by atoms with Crippen molar-refractivity contribution in [3.8, 4) is 22.5 Å². The van der Waals surface area contributed by atoms with E-state index in [0.29, 0.717) is 0 Å². The molecule has 276 valence electrons. The summed E-state index contributed by atoms with van der Waals surface area (Å²) < 4.78 is 4.80. The molecule has 0 aliphatic carbocycles. The van der Waals surface area contributed by atoms with Crippen molar-refractivity contribution in [1.29, 1.82) is 0 Å². The molecule has 59 heavy (non-hydrogen) atoms. The van der Waals surface area contributed by atoms with Crippen LogP contribution < -0.4 is 4.90 Å². The summed E-state index contributed by atoms with van der Waals surface area (Å²) in [7, 11) is 0. The maximum Gasteiger partial charge on any atom is 0.0542 e. The maximum atomic E-state index is 2.45. The lowest BCUT2D eigenvalue weighted by Gasteiger charge is -2.29. The fraction of sp³-hybridized carbons (Fsp3) is 0. The van der Waals surface area contributed by atoms with Crippen LogP contribution in [0.15, 0.2) is 224 Å². The summed E-state index contributed by atoms with van der Waals surface area (Å²) in [6.45, 7) is 0. The fourth-order valence-electron chi connectivity index (χ4n) is 9.46. The normalized spacial score (nSPS) is 11.7. The van der Waals surface area contributed by atoms with Crippen LogP contribution in [0.3, 0.4) is 0 Å². The molecule has 0 amide bonds. The Labute approximate surface area is 341 Å². The molecule has 0 saturated heterocycles. The van der Waals surface area contributed by atoms with Crippen molar-refractivity contribution >= 4 is 82.2 Å². The van der Waals surface area contributed by atoms with E-state index in [4.69, 9.17) is 0 Å². The zero-order chi connectivity index (χ0) is 38.9. The van der Waals surface area contributed by atoms with Gasteiger partial charge in [0.05, 0.1) is 39.1 Å². The van der Waals surface area contributed by atoms with Gasteiger partial charge in [0.1, 0.15) is 0 Å². The Balaban J connectivity index is 1.03. The molecule has 0 aliphatic heterocycles. The molecular formula is C56H37N3. The van der Waals surface area contributed by atoms with Crippen molar-refractivity contribution in [2.24, 2.45) is 0 Å². The molecule has 0 atom stereocenters. The van der Waals surface area contributed by atoms with Crippen LogP contribution in [-0.2, 0) is 0 Å². The molecule has 0 fully saturated rings. The molecule has 0 spiro atoms. The van der Waals surface area contributed by atoms with Gasteiger partial charge in [0.15, 0.2) is 0 Å². The van der Waals surface area contributed by atoms with E-state index >= 15 is 0 Å². The summed E-state index contributed by atoms with van der Waals surface area (Å²) in [6.07, 6.45) is 0. The summed E-state index contributed by atoms with van der Waals surface area (Å²) in [5, 5.41) is 9.81. The van der Waals surface area contributed by atoms with Crippen LogP contribution in [0.2, 0.25) is 0 Å². The van der Waals surface area contributed by atoms with Gasteiger partial charge in [-0.05, 0) is 89.3 Å². The average Bonchev–Trinajstić information content (AvgIpc) is 3.82. The van der Waals surface area contributed by atoms with Crippen LogP contribution in [0.1, 0.15) is 0 Å². The highest BCUT2D eigenvalue weighted by atomic mass is 15.1. The number of nitrogens with zero attached hydrogens (tertiary/aromatic N) is 3. The van der Waals surface area contributed by atoms with Crippen molar-refractivity contribution in [1.82, 2.24) is 9.13 Å². The van der Waals surface area contributed by atoms with Crippen molar-refractivity contribution in [2.45, 2.75) is 0 Å². The summed E-state index contributed by atoms with van der Waals surface area (Å²) in [5.74, 6) is 0. The first-order valence-corrected chi connectivity index (χ1v) is 20.3. The second-order valence-electron chi connectivity index (χ2n) is 15.3. The molecule has 12 rings (SSSR count). The Morgan fingerprint density at radius 3 is 1.51 bits per heavy atom. The van der Waals surface area contributed by atoms with E-state index in [2.05, 4.69) is 238 Å². The Hall–Kier alpha value is -7.88. The van der Waals surface area contributed by atoms with Gasteiger partial charge >= 0.3 is 0 Å². The van der Waals surface area contributed by atoms with Gasteiger partial charge in [-0.25, -0.2) is 0 Å². The monoisotopic (exact) mass is 751 g/mol. The van der Waals surface area contributed by atoms with Gasteiger partial charge in [0.25, 0.3) is 0 Å². The number of rotatable bonds is 6. The summed E-state index contributed by atoms with van der Waals surface area (Å²) >= 11 is 0. The Kier molecular flexibility index (Phi) is 7.54. The zero-order valence-electron chi connectivity index (χ0n) is 32.2. The minimum atomic E-state index is 1.10. The number of para-hydroxylation sites is 4. The minimum Gasteiger partial charge on any atom is -0.309 e. The molecule has 12 aromatic rings. The molecule has 0 bridgehead atoms. The molecule has 0 saturated carbocycles. The lowest BCUT2D eigenvalue weighted by molar-refractivity contribution is 1.18. The molecule has 3 nitrogen and oxygen atoms in total. The van der Waals surface area contributed by atoms with E-state index in [1.807, 2.05) is 0 Å². The molecule has 0 N–H and O–H groups in total. The Morgan fingerprint density at radius 1 is 0.288 bits per heavy atom. The third-order valence-corrected chi connectivity index (χ3v) is 12.1. The van der Waals surface area contributed by atoms with Gasteiger partial charge in [-0.15, -0.1) is 0 Å². The first kappa shape index (κ1) is 33.3. The van der Waals surface area contributed by atoms with Crippen molar-refractivity contribution in [3.05, 3.63) is 224 Å². The van der Waals surface area contributed by atoms with E-state index in [1.54, 1.807) is 0 Å². The van der Waals surface area contributed by atoms with Crippen LogP contribution in [0, 0.1) is 0 Å². The van der Waals surface area contributed by atoms with Crippen LogP contribution >= 0.6 is 0 Å². The second-order valence-corrected chi connectivity index (χ2v) is 15.3. The summed E-state index contributed by atoms with van der Waals surface area (Å²) in [4.78, 5) is 2.45. The smallest absolute Gasteiger partial charge is 0.0542 e. The van der Waals surface area contributed by atoms with Gasteiger partial charge in [0.2, 0.25) is 0 Å². The molecule has 0 radical (unpaired) electrons. The highest BCUT2D eigenvalue weighted by Gasteiger charge is 2.21. The van der Waals surface area contributed by atoms with Crippen molar-refractivity contribution in [2.75, 3.05) is 4.90 Å². The predicted molar refractivity (Wildman–Crippen MR) is 250 cm³/mol. The molecule has 10 aromatic carbocycles. The van der Waals surface area contributed by atoms with E-state index in [1.165, 1.54) is 87.7 Å². The SMILES string of the molecule is c1ccc(-n2c3ccccc3c3cc(-c4ccc(N(c5cccc6ccccc56)c5ccc(-n6c7ccccc7c7ccccc76)c6ccccc56)cc4)ccc32)cc1. The van der Waals surface area contributed by atoms with E-state index in [0.717, 1.165) is 17.1 Å². The topological polar surface area (TPSA) is 13.1 Å². The quantitative estimate of drug-likeness (QED) is 0.165. The van der Waals surface area contributed by atoms with Crippen LogP contribution in [0.5, 0.6) is 0 Å². The standard InChI is InChI=1S/C56H37N3/c1-2-17-41(18-3-1)57-51-25-11-10-24-48(51)49-37-40(31-34-56(49)57)38-29-32-42(33-30-38)58(50-28-14-16-39-15-4-5-19-43(39)50)54-35-36-55(47-21-7-6-20-46(47)54)59-52-26-12-8-22-44(52)45-23-9-13-27-53(45)59/h1-37H. The number of hydrogen-bond donors (Lipinski definition) is 0. The number of anilines is 3. The Morgan fingerprint density at radius 2 is 0.797 bits per heavy atom. The zero-order valence-corrected chi connectivity index (χ0v) is 32.2. The van der Waals surface area contributed by atoms with E-state index in [9.17, 15) is 0 Å². The van der Waals surface area contributed by atoms with Gasteiger partial charge in [-0.1, -0.05) is 152 Å². The molecule has 0 unspecified atom stereocenters. The molecule has 2 heterocycles. The maximum absolute atomic E-state index is 2.45. The third kappa shape index (κ3) is 5.22. The van der Waals surface area contributed by atoms with Crippen molar-refractivity contribution < 1.29 is 0 Å². The predicted octanol–water partition coefficient (Wildman–Crippen LogP) is 15.3. The number of hydrogen-bond acceptors (Lipinski definition) is 1. The lowest BCUT2D eigenvalue weighted by Crippen LogP contribution is -2.11. The van der Waals surface area contributed by atoms with Gasteiger partial charge in [-0.2, -0.15) is 0 Å². The number of benzene rings is 10. The van der Waals surface area contributed by atoms with Crippen LogP contribution in [0.4, 0.5) is 17.1 Å². The highest BCUT2D eigenvalue weighted by molar-refractivity contribution is 6.13. The third-order valence-electron chi connectivity index (χ3n) is 12.1. The van der Waals surface area contributed by atoms with Crippen LogP contribution in [0.25, 0.3) is 87.7 Å². The minimum absolute atomic E-state index is 1.10. The molecule has 0 aliphatic rings. The lowest BCUT2D eigenvalue weighted by atomic mass is 10.0. The first-order chi connectivity index (χ1) is 29.3. The fourth-order valence-corrected chi connectivity index (χ4v) is 9.46. The Bertz CT molecular complexity index is 3500. The molecule has 2 aromatic heterocycles. The number of fused-ring (bicyclic) bond motifs is 8. The largest absolute Gasteiger partial charge is 0.309 e. The van der Waals surface area contributed by atoms with Crippen LogP contribution in [-0.4, -0.2) is 9.13 Å². The first-order valence-electron chi connectivity index (χ1n) is 20.3.